The number of Topliss-reactive ketones (excluding diaryl/α,β-unsaturated/α-hetero) is 1. The van der Waals surface area contributed by atoms with Gasteiger partial charge in [-0.25, -0.2) is 8.42 Å². The predicted molar refractivity (Wildman–Crippen MR) is 144 cm³/mol. The quantitative estimate of drug-likeness (QED) is 0.355. The van der Waals surface area contributed by atoms with Gasteiger partial charge in [0.15, 0.2) is 38.6 Å². The number of methoxy groups -OCH3 is 3. The fourth-order valence-electron chi connectivity index (χ4n) is 4.47. The summed E-state index contributed by atoms with van der Waals surface area (Å²) in [6, 6.07) is 6.84. The first-order valence-electron chi connectivity index (χ1n) is 12.8. The minimum Gasteiger partial charge on any atom is -0.493 e. The molecule has 11 heteroatoms. The van der Waals surface area contributed by atoms with Crippen LogP contribution in [0.4, 0.5) is 0 Å². The molecule has 1 N–H and O–H groups in total. The van der Waals surface area contributed by atoms with Gasteiger partial charge in [0, 0.05) is 0 Å². The Balaban J connectivity index is 2.05. The lowest BCUT2D eigenvalue weighted by molar-refractivity contribution is -0.118. The molecule has 1 fully saturated rings. The van der Waals surface area contributed by atoms with Crippen molar-refractivity contribution in [2.24, 2.45) is 0 Å². The van der Waals surface area contributed by atoms with Crippen LogP contribution in [0.3, 0.4) is 0 Å². The van der Waals surface area contributed by atoms with Crippen LogP contribution >= 0.6 is 0 Å². The Labute approximate surface area is 230 Å². The zero-order chi connectivity index (χ0) is 28.7. The van der Waals surface area contributed by atoms with Crippen molar-refractivity contribution in [1.29, 1.82) is 0 Å². The van der Waals surface area contributed by atoms with Crippen molar-refractivity contribution >= 4 is 15.6 Å². The van der Waals surface area contributed by atoms with Crippen LogP contribution in [0.25, 0.3) is 0 Å². The van der Waals surface area contributed by atoms with Crippen LogP contribution in [0.1, 0.15) is 63.4 Å². The van der Waals surface area contributed by atoms with Gasteiger partial charge in [-0.1, -0.05) is 6.92 Å². The molecule has 0 aliphatic carbocycles. The molecule has 1 aliphatic heterocycles. The largest absolute Gasteiger partial charge is 0.493 e. The topological polar surface area (TPSA) is 127 Å². The smallest absolute Gasteiger partial charge is 0.203 e. The molecular formula is C28H38O10S. The molecule has 0 aromatic heterocycles. The van der Waals surface area contributed by atoms with E-state index >= 15 is 0 Å². The number of aliphatic hydroxyl groups is 1. The van der Waals surface area contributed by atoms with E-state index in [2.05, 4.69) is 0 Å². The third-order valence-electron chi connectivity index (χ3n) is 6.17. The highest BCUT2D eigenvalue weighted by Gasteiger charge is 2.33. The Morgan fingerprint density at radius 2 is 1.51 bits per heavy atom. The van der Waals surface area contributed by atoms with Crippen LogP contribution < -0.4 is 23.7 Å². The number of ether oxygens (including phenoxy) is 6. The summed E-state index contributed by atoms with van der Waals surface area (Å²) in [5, 5.41) is 9.88. The minimum atomic E-state index is -3.97. The van der Waals surface area contributed by atoms with Gasteiger partial charge in [0.05, 0.1) is 52.0 Å². The van der Waals surface area contributed by atoms with Crippen molar-refractivity contribution in [3.05, 3.63) is 35.4 Å². The Morgan fingerprint density at radius 1 is 0.949 bits per heavy atom. The maximum Gasteiger partial charge on any atom is 0.203 e. The van der Waals surface area contributed by atoms with Crippen LogP contribution in [0, 0.1) is 0 Å². The van der Waals surface area contributed by atoms with Gasteiger partial charge in [0.1, 0.15) is 11.5 Å². The molecule has 2 aromatic carbocycles. The maximum atomic E-state index is 13.3. The molecule has 2 aromatic rings. The predicted octanol–water partition coefficient (Wildman–Crippen LogP) is 4.22. The second kappa shape index (κ2) is 13.4. The molecule has 216 valence electrons. The number of rotatable bonds is 14. The van der Waals surface area contributed by atoms with Gasteiger partial charge in [-0.05, 0) is 68.5 Å². The van der Waals surface area contributed by atoms with Crippen molar-refractivity contribution in [3.8, 4) is 28.7 Å². The molecule has 0 saturated carbocycles. The van der Waals surface area contributed by atoms with E-state index in [-0.39, 0.29) is 41.5 Å². The normalized spacial score (nSPS) is 17.9. The summed E-state index contributed by atoms with van der Waals surface area (Å²) in [7, 11) is 0.647. The van der Waals surface area contributed by atoms with Crippen molar-refractivity contribution in [2.45, 2.75) is 63.2 Å². The zero-order valence-electron chi connectivity index (χ0n) is 23.3. The number of benzene rings is 2. The SMILES string of the molecule is CCCOc1c(OCC(C)=O)cc(C2CCC(c3cc(OC)c(OC)c(OC)c3)O2)cc1S(=O)(=O)CC(C)O. The fraction of sp³-hybridized carbons (Fsp3) is 0.536. The first-order chi connectivity index (χ1) is 18.5. The molecule has 1 aliphatic rings. The van der Waals surface area contributed by atoms with Crippen LogP contribution in [-0.4, -0.2) is 65.7 Å². The summed E-state index contributed by atoms with van der Waals surface area (Å²) in [6.45, 7) is 4.68. The summed E-state index contributed by atoms with van der Waals surface area (Å²) in [5.74, 6) is 0.924. The average molecular weight is 567 g/mol. The molecule has 10 nitrogen and oxygen atoms in total. The average Bonchev–Trinajstić information content (AvgIpc) is 3.39. The minimum absolute atomic E-state index is 0.0293. The second-order valence-electron chi connectivity index (χ2n) is 9.47. The van der Waals surface area contributed by atoms with E-state index in [4.69, 9.17) is 28.4 Å². The lowest BCUT2D eigenvalue weighted by Gasteiger charge is -2.21. The van der Waals surface area contributed by atoms with Crippen LogP contribution in [0.2, 0.25) is 0 Å². The number of hydrogen-bond acceptors (Lipinski definition) is 10. The molecule has 1 saturated heterocycles. The van der Waals surface area contributed by atoms with Gasteiger partial charge < -0.3 is 33.5 Å². The van der Waals surface area contributed by atoms with E-state index in [1.54, 1.807) is 20.3 Å². The number of hydrogen-bond donors (Lipinski definition) is 1. The van der Waals surface area contributed by atoms with Gasteiger partial charge in [-0.2, -0.15) is 0 Å². The lowest BCUT2D eigenvalue weighted by atomic mass is 10.0. The Bertz CT molecular complexity index is 1230. The molecule has 39 heavy (non-hydrogen) atoms. The van der Waals surface area contributed by atoms with E-state index in [1.165, 1.54) is 27.0 Å². The van der Waals surface area contributed by atoms with Crippen molar-refractivity contribution < 1.29 is 46.7 Å². The number of ketones is 1. The van der Waals surface area contributed by atoms with Crippen molar-refractivity contribution in [3.63, 3.8) is 0 Å². The van der Waals surface area contributed by atoms with Gasteiger partial charge in [0.25, 0.3) is 0 Å². The van der Waals surface area contributed by atoms with E-state index < -0.39 is 27.8 Å². The Morgan fingerprint density at radius 3 is 2.00 bits per heavy atom. The summed E-state index contributed by atoms with van der Waals surface area (Å²) < 4.78 is 61.0. The molecule has 3 rings (SSSR count). The molecule has 3 atom stereocenters. The molecule has 0 amide bonds. The number of carbonyl (C=O) groups excluding carboxylic acids is 1. The van der Waals surface area contributed by atoms with E-state index in [1.807, 2.05) is 19.1 Å². The highest BCUT2D eigenvalue weighted by molar-refractivity contribution is 7.91. The third-order valence-corrected chi connectivity index (χ3v) is 8.07. The molecule has 0 radical (unpaired) electrons. The number of sulfone groups is 1. The van der Waals surface area contributed by atoms with Crippen LogP contribution in [0.15, 0.2) is 29.2 Å². The van der Waals surface area contributed by atoms with Gasteiger partial charge in [-0.15, -0.1) is 0 Å². The van der Waals surface area contributed by atoms with E-state index in [9.17, 15) is 18.3 Å². The van der Waals surface area contributed by atoms with Gasteiger partial charge in [0.2, 0.25) is 5.75 Å². The Kier molecular flexibility index (Phi) is 10.5. The molecule has 0 bridgehead atoms. The van der Waals surface area contributed by atoms with Gasteiger partial charge >= 0.3 is 0 Å². The summed E-state index contributed by atoms with van der Waals surface area (Å²) in [4.78, 5) is 11.6. The summed E-state index contributed by atoms with van der Waals surface area (Å²) in [5.41, 5.74) is 1.39. The third kappa shape index (κ3) is 7.34. The van der Waals surface area contributed by atoms with Crippen molar-refractivity contribution in [2.75, 3.05) is 40.3 Å². The fourth-order valence-corrected chi connectivity index (χ4v) is 6.04. The van der Waals surface area contributed by atoms with Crippen molar-refractivity contribution in [1.82, 2.24) is 0 Å². The van der Waals surface area contributed by atoms with E-state index in [0.717, 1.165) is 5.56 Å². The van der Waals surface area contributed by atoms with E-state index in [0.29, 0.717) is 42.1 Å². The van der Waals surface area contributed by atoms with Gasteiger partial charge in [-0.3, -0.25) is 4.79 Å². The molecule has 3 unspecified atom stereocenters. The number of aliphatic hydroxyl groups excluding tert-OH is 1. The highest BCUT2D eigenvalue weighted by Crippen LogP contribution is 2.48. The first kappa shape index (κ1) is 30.5. The monoisotopic (exact) mass is 566 g/mol. The van der Waals surface area contributed by atoms with Crippen LogP contribution in [-0.2, 0) is 19.4 Å². The number of carbonyl (C=O) groups is 1. The molecule has 1 heterocycles. The summed E-state index contributed by atoms with van der Waals surface area (Å²) >= 11 is 0. The second-order valence-corrected chi connectivity index (χ2v) is 11.5. The zero-order valence-corrected chi connectivity index (χ0v) is 24.1. The Hall–Kier alpha value is -3.02. The standard InChI is InChI=1S/C28H38O10S/c1-7-10-36-28-25(37-15-17(2)29)13-20(14-26(28)39(31,32)16-18(3)30)22-9-8-21(38-22)19-11-23(33-4)27(35-6)24(12-19)34-5/h11-14,18,21-22,30H,7-10,15-16H2,1-6H3. The molecule has 0 spiro atoms. The first-order valence-corrected chi connectivity index (χ1v) is 14.5. The molecular weight excluding hydrogens is 528 g/mol. The lowest BCUT2D eigenvalue weighted by Crippen LogP contribution is -2.20. The summed E-state index contributed by atoms with van der Waals surface area (Å²) in [6.07, 6.45) is 0.00106. The van der Waals surface area contributed by atoms with Crippen LogP contribution in [0.5, 0.6) is 28.7 Å². The highest BCUT2D eigenvalue weighted by atomic mass is 32.2. The maximum absolute atomic E-state index is 13.3.